The van der Waals surface area contributed by atoms with E-state index >= 15 is 0 Å². The standard InChI is InChI=1S/C25H27N3O3/c29-25(27-13-3-1-2-4-14-27)18-11-12-23-22(16-18)20-9-6-10-21(20)24(26-23)17-7-5-8-19(15-17)28(30)31/h5-9,11-12,15-16,20-21,24,26H,1-4,10,13-14H2/t20-,21+,24-/m0/s1. The van der Waals surface area contributed by atoms with Crippen LogP contribution in [-0.4, -0.2) is 28.8 Å². The number of amides is 1. The van der Waals surface area contributed by atoms with Gasteiger partial charge in [0, 0.05) is 42.4 Å². The van der Waals surface area contributed by atoms with E-state index in [1.54, 1.807) is 12.1 Å². The first-order valence-corrected chi connectivity index (χ1v) is 11.2. The zero-order valence-corrected chi connectivity index (χ0v) is 17.5. The average molecular weight is 418 g/mol. The zero-order valence-electron chi connectivity index (χ0n) is 17.5. The zero-order chi connectivity index (χ0) is 21.4. The number of allylic oxidation sites excluding steroid dienone is 2. The minimum atomic E-state index is -0.342. The van der Waals surface area contributed by atoms with E-state index in [0.29, 0.717) is 0 Å². The molecule has 6 heteroatoms. The van der Waals surface area contributed by atoms with Crippen molar-refractivity contribution in [1.29, 1.82) is 0 Å². The predicted molar refractivity (Wildman–Crippen MR) is 120 cm³/mol. The number of carbonyl (C=O) groups is 1. The van der Waals surface area contributed by atoms with Crippen molar-refractivity contribution < 1.29 is 9.72 Å². The number of carbonyl (C=O) groups excluding carboxylic acids is 1. The molecule has 2 aromatic carbocycles. The Bertz CT molecular complexity index is 1040. The quantitative estimate of drug-likeness (QED) is 0.410. The maximum Gasteiger partial charge on any atom is 0.269 e. The summed E-state index contributed by atoms with van der Waals surface area (Å²) in [7, 11) is 0. The number of nitrogens with one attached hydrogen (secondary N) is 1. The fourth-order valence-corrected chi connectivity index (χ4v) is 5.35. The van der Waals surface area contributed by atoms with Crippen LogP contribution in [0.5, 0.6) is 0 Å². The van der Waals surface area contributed by atoms with Gasteiger partial charge in [-0.05, 0) is 54.5 Å². The molecule has 1 fully saturated rings. The average Bonchev–Trinajstić information content (AvgIpc) is 3.13. The third-order valence-corrected chi connectivity index (χ3v) is 6.94. The second-order valence-electron chi connectivity index (χ2n) is 8.84. The molecule has 2 aliphatic heterocycles. The first-order valence-electron chi connectivity index (χ1n) is 11.2. The Hall–Kier alpha value is -3.15. The molecule has 31 heavy (non-hydrogen) atoms. The van der Waals surface area contributed by atoms with E-state index in [4.69, 9.17) is 0 Å². The maximum atomic E-state index is 13.1. The Morgan fingerprint density at radius 2 is 1.87 bits per heavy atom. The van der Waals surface area contributed by atoms with E-state index in [1.807, 2.05) is 23.1 Å². The van der Waals surface area contributed by atoms with E-state index in [0.717, 1.165) is 54.7 Å². The number of fused-ring (bicyclic) bond motifs is 3. The minimum absolute atomic E-state index is 0.000409. The van der Waals surface area contributed by atoms with Crippen LogP contribution < -0.4 is 5.32 Å². The number of rotatable bonds is 3. The number of nitrogens with zero attached hydrogens (tertiary/aromatic N) is 2. The number of hydrogen-bond acceptors (Lipinski definition) is 4. The van der Waals surface area contributed by atoms with Crippen LogP contribution in [0.15, 0.2) is 54.6 Å². The van der Waals surface area contributed by atoms with Gasteiger partial charge >= 0.3 is 0 Å². The maximum absolute atomic E-state index is 13.1. The summed E-state index contributed by atoms with van der Waals surface area (Å²) in [6.07, 6.45) is 9.90. The van der Waals surface area contributed by atoms with Gasteiger partial charge in [-0.15, -0.1) is 0 Å². The van der Waals surface area contributed by atoms with Crippen LogP contribution >= 0.6 is 0 Å². The highest BCUT2D eigenvalue weighted by Gasteiger charge is 2.38. The second kappa shape index (κ2) is 8.17. The molecule has 3 aliphatic rings. The number of hydrogen-bond donors (Lipinski definition) is 1. The van der Waals surface area contributed by atoms with Crippen molar-refractivity contribution >= 4 is 17.3 Å². The minimum Gasteiger partial charge on any atom is -0.378 e. The summed E-state index contributed by atoms with van der Waals surface area (Å²) in [6, 6.07) is 12.9. The Morgan fingerprint density at radius 3 is 2.65 bits per heavy atom. The summed E-state index contributed by atoms with van der Waals surface area (Å²) in [5.41, 5.74) is 3.97. The molecule has 2 heterocycles. The molecule has 160 valence electrons. The number of non-ortho nitro benzene ring substituents is 1. The first kappa shape index (κ1) is 19.8. The number of anilines is 1. The van der Waals surface area contributed by atoms with Gasteiger partial charge in [0.15, 0.2) is 0 Å². The molecule has 0 radical (unpaired) electrons. The smallest absolute Gasteiger partial charge is 0.269 e. The van der Waals surface area contributed by atoms with Gasteiger partial charge in [0.1, 0.15) is 0 Å². The summed E-state index contributed by atoms with van der Waals surface area (Å²) in [5, 5.41) is 14.9. The van der Waals surface area contributed by atoms with Crippen LogP contribution in [0.4, 0.5) is 11.4 Å². The second-order valence-corrected chi connectivity index (χ2v) is 8.84. The van der Waals surface area contributed by atoms with Gasteiger partial charge in [0.2, 0.25) is 0 Å². The molecule has 0 aromatic heterocycles. The van der Waals surface area contributed by atoms with Crippen LogP contribution in [0.2, 0.25) is 0 Å². The third kappa shape index (κ3) is 3.71. The van der Waals surface area contributed by atoms with Gasteiger partial charge in [-0.1, -0.05) is 37.1 Å². The number of nitro groups is 1. The summed E-state index contributed by atoms with van der Waals surface area (Å²) < 4.78 is 0. The monoisotopic (exact) mass is 417 g/mol. The van der Waals surface area contributed by atoms with Crippen molar-refractivity contribution in [3.8, 4) is 0 Å². The van der Waals surface area contributed by atoms with Crippen LogP contribution in [0.25, 0.3) is 0 Å². The molecule has 5 rings (SSSR count). The fraction of sp³-hybridized carbons (Fsp3) is 0.400. The van der Waals surface area contributed by atoms with Crippen LogP contribution in [0, 0.1) is 16.0 Å². The van der Waals surface area contributed by atoms with E-state index < -0.39 is 0 Å². The van der Waals surface area contributed by atoms with Gasteiger partial charge in [-0.25, -0.2) is 0 Å². The predicted octanol–water partition coefficient (Wildman–Crippen LogP) is 5.44. The molecule has 3 atom stereocenters. The summed E-state index contributed by atoms with van der Waals surface area (Å²) in [4.78, 5) is 26.1. The summed E-state index contributed by atoms with van der Waals surface area (Å²) >= 11 is 0. The lowest BCUT2D eigenvalue weighted by molar-refractivity contribution is -0.384. The molecule has 1 N–H and O–H groups in total. The molecule has 0 spiro atoms. The van der Waals surface area contributed by atoms with Gasteiger partial charge in [0.05, 0.1) is 11.0 Å². The highest BCUT2D eigenvalue weighted by molar-refractivity contribution is 5.95. The molecule has 0 saturated carbocycles. The first-order chi connectivity index (χ1) is 15.1. The van der Waals surface area contributed by atoms with Gasteiger partial charge in [0.25, 0.3) is 11.6 Å². The Morgan fingerprint density at radius 1 is 1.06 bits per heavy atom. The van der Waals surface area contributed by atoms with Crippen LogP contribution in [0.3, 0.4) is 0 Å². The Labute approximate surface area is 182 Å². The largest absolute Gasteiger partial charge is 0.378 e. The van der Waals surface area contributed by atoms with Crippen LogP contribution in [-0.2, 0) is 0 Å². The molecule has 0 unspecified atom stereocenters. The molecule has 1 saturated heterocycles. The molecule has 2 aromatic rings. The number of likely N-dealkylation sites (tertiary alicyclic amines) is 1. The van der Waals surface area contributed by atoms with E-state index in [2.05, 4.69) is 23.5 Å². The van der Waals surface area contributed by atoms with Gasteiger partial charge in [-0.2, -0.15) is 0 Å². The highest BCUT2D eigenvalue weighted by Crippen LogP contribution is 2.50. The molecule has 1 amide bonds. The molecule has 0 bridgehead atoms. The van der Waals surface area contributed by atoms with Crippen molar-refractivity contribution in [2.45, 2.75) is 44.1 Å². The van der Waals surface area contributed by atoms with Gasteiger partial charge < -0.3 is 10.2 Å². The number of nitro benzene ring substituents is 1. The van der Waals surface area contributed by atoms with E-state index in [-0.39, 0.29) is 34.4 Å². The fourth-order valence-electron chi connectivity index (χ4n) is 5.35. The molecule has 6 nitrogen and oxygen atoms in total. The molecule has 1 aliphatic carbocycles. The molecular weight excluding hydrogens is 390 g/mol. The van der Waals surface area contributed by atoms with Crippen molar-refractivity contribution in [2.75, 3.05) is 18.4 Å². The lowest BCUT2D eigenvalue weighted by Gasteiger charge is -2.37. The van der Waals surface area contributed by atoms with Crippen molar-refractivity contribution in [1.82, 2.24) is 4.90 Å². The van der Waals surface area contributed by atoms with Crippen molar-refractivity contribution in [3.05, 3.63) is 81.4 Å². The molecular formula is C25H27N3O3. The van der Waals surface area contributed by atoms with Crippen molar-refractivity contribution in [2.24, 2.45) is 5.92 Å². The lowest BCUT2D eigenvalue weighted by atomic mass is 9.76. The number of benzene rings is 2. The summed E-state index contributed by atoms with van der Waals surface area (Å²) in [5.74, 6) is 0.611. The van der Waals surface area contributed by atoms with E-state index in [1.165, 1.54) is 18.9 Å². The third-order valence-electron chi connectivity index (χ3n) is 6.94. The Balaban J connectivity index is 1.46. The van der Waals surface area contributed by atoms with E-state index in [9.17, 15) is 14.9 Å². The van der Waals surface area contributed by atoms with Gasteiger partial charge in [-0.3, -0.25) is 14.9 Å². The Kier molecular flexibility index (Phi) is 5.22. The summed E-state index contributed by atoms with van der Waals surface area (Å²) in [6.45, 7) is 1.68. The topological polar surface area (TPSA) is 75.5 Å². The lowest BCUT2D eigenvalue weighted by Crippen LogP contribution is -2.33. The van der Waals surface area contributed by atoms with Crippen LogP contribution in [0.1, 0.15) is 65.5 Å². The normalized spacial score (nSPS) is 24.6. The SMILES string of the molecule is O=C(c1ccc2c(c1)[C@H]1C=CC[C@H]1[C@H](c1cccc([N+](=O)[O-])c1)N2)N1CCCCCC1. The van der Waals surface area contributed by atoms with Crippen molar-refractivity contribution in [3.63, 3.8) is 0 Å². The highest BCUT2D eigenvalue weighted by atomic mass is 16.6.